The van der Waals surface area contributed by atoms with Crippen molar-refractivity contribution in [1.29, 1.82) is 5.26 Å². The molecule has 1 heterocycles. The first-order valence-electron chi connectivity index (χ1n) is 7.92. The van der Waals surface area contributed by atoms with Crippen molar-refractivity contribution in [1.82, 2.24) is 4.98 Å². The first-order valence-corrected chi connectivity index (χ1v) is 11.7. The first-order chi connectivity index (χ1) is 14.5. The normalized spacial score (nSPS) is 11.0. The Labute approximate surface area is 227 Å². The van der Waals surface area contributed by atoms with Gasteiger partial charge in [0.05, 0.1) is 68.4 Å². The van der Waals surface area contributed by atoms with Crippen LogP contribution >= 0.6 is 116 Å². The maximum absolute atomic E-state index is 9.24. The molecule has 12 heteroatoms. The van der Waals surface area contributed by atoms with Crippen LogP contribution in [0.4, 0.5) is 0 Å². The van der Waals surface area contributed by atoms with Crippen molar-refractivity contribution in [2.24, 2.45) is 0 Å². The smallest absolute Gasteiger partial charge is 0.0809 e. The summed E-state index contributed by atoms with van der Waals surface area (Å²) in [6, 6.07) is 3.64. The highest BCUT2D eigenvalue weighted by atomic mass is 35.5. The predicted octanol–water partition coefficient (Wildman–Crippen LogP) is 11.0. The Balaban J connectivity index is 2.42. The third kappa shape index (κ3) is 4.53. The summed E-state index contributed by atoms with van der Waals surface area (Å²) >= 11 is 62.6. The molecule has 0 aliphatic carbocycles. The number of pyridine rings is 1. The van der Waals surface area contributed by atoms with Crippen LogP contribution in [-0.2, 0) is 6.42 Å². The van der Waals surface area contributed by atoms with E-state index in [4.69, 9.17) is 116 Å². The quantitative estimate of drug-likeness (QED) is 0.217. The van der Waals surface area contributed by atoms with Crippen molar-refractivity contribution in [2.75, 3.05) is 0 Å². The van der Waals surface area contributed by atoms with Crippen LogP contribution in [0, 0.1) is 11.3 Å². The zero-order valence-electron chi connectivity index (χ0n) is 14.5. The number of hydrogen-bond acceptors (Lipinski definition) is 2. The number of nitriles is 1. The average Bonchev–Trinajstić information content (AvgIpc) is 2.75. The van der Waals surface area contributed by atoms with E-state index in [1.54, 1.807) is 6.07 Å². The molecule has 0 unspecified atom stereocenters. The lowest BCUT2D eigenvalue weighted by Gasteiger charge is -2.17. The van der Waals surface area contributed by atoms with Crippen LogP contribution in [0.25, 0.3) is 22.3 Å². The van der Waals surface area contributed by atoms with Crippen molar-refractivity contribution < 1.29 is 0 Å². The minimum Gasteiger partial charge on any atom is -0.259 e. The van der Waals surface area contributed by atoms with Gasteiger partial charge in [0.15, 0.2) is 0 Å². The van der Waals surface area contributed by atoms with Crippen LogP contribution in [0.15, 0.2) is 12.3 Å². The summed E-state index contributed by atoms with van der Waals surface area (Å²) in [4.78, 5) is 4.35. The zero-order valence-corrected chi connectivity index (χ0v) is 22.1. The van der Waals surface area contributed by atoms with Gasteiger partial charge in [0.1, 0.15) is 0 Å². The summed E-state index contributed by atoms with van der Waals surface area (Å²) in [5, 5.41) is 9.46. The lowest BCUT2D eigenvalue weighted by atomic mass is 9.97. The Morgan fingerprint density at radius 2 is 1.00 bits per heavy atom. The number of rotatable bonds is 3. The van der Waals surface area contributed by atoms with Crippen LogP contribution in [-0.4, -0.2) is 4.98 Å². The highest BCUT2D eigenvalue weighted by Gasteiger charge is 2.25. The molecule has 0 saturated carbocycles. The van der Waals surface area contributed by atoms with Crippen LogP contribution in [0.5, 0.6) is 0 Å². The summed E-state index contributed by atoms with van der Waals surface area (Å²) in [5.74, 6) is 0. The fraction of sp³-hybridized carbons (Fsp3) is 0.0526. The molecule has 0 N–H and O–H groups in total. The first kappa shape index (κ1) is 25.6. The van der Waals surface area contributed by atoms with E-state index in [0.717, 1.165) is 0 Å². The molecule has 0 bridgehead atoms. The maximum Gasteiger partial charge on any atom is 0.0809 e. The molecule has 31 heavy (non-hydrogen) atoms. The van der Waals surface area contributed by atoms with Crippen molar-refractivity contribution in [3.63, 3.8) is 0 Å². The van der Waals surface area contributed by atoms with Gasteiger partial charge in [0.2, 0.25) is 0 Å². The van der Waals surface area contributed by atoms with Gasteiger partial charge in [-0.15, -0.1) is 0 Å². The molecule has 2 aromatic carbocycles. The van der Waals surface area contributed by atoms with Gasteiger partial charge in [-0.3, -0.25) is 4.98 Å². The van der Waals surface area contributed by atoms with Gasteiger partial charge in [-0.1, -0.05) is 116 Å². The van der Waals surface area contributed by atoms with E-state index in [9.17, 15) is 5.26 Å². The molecule has 0 amide bonds. The van der Waals surface area contributed by atoms with E-state index >= 15 is 0 Å². The third-order valence-electron chi connectivity index (χ3n) is 4.19. The van der Waals surface area contributed by atoms with Crippen LogP contribution in [0.1, 0.15) is 5.69 Å². The summed E-state index contributed by atoms with van der Waals surface area (Å²) in [6.07, 6.45) is 1.38. The molecule has 0 spiro atoms. The van der Waals surface area contributed by atoms with Gasteiger partial charge in [0.25, 0.3) is 0 Å². The zero-order chi connectivity index (χ0) is 23.2. The minimum absolute atomic E-state index is 0.00427. The van der Waals surface area contributed by atoms with Crippen LogP contribution in [0.3, 0.4) is 0 Å². The second kappa shape index (κ2) is 10.1. The third-order valence-corrected chi connectivity index (χ3v) is 8.75. The minimum atomic E-state index is -0.0657. The molecule has 0 atom stereocenters. The topological polar surface area (TPSA) is 36.7 Å². The lowest BCUT2D eigenvalue weighted by molar-refractivity contribution is 1.12. The summed E-state index contributed by atoms with van der Waals surface area (Å²) in [6.45, 7) is 0. The van der Waals surface area contributed by atoms with Gasteiger partial charge in [0, 0.05) is 28.5 Å². The molecular weight excluding hydrogens is 611 g/mol. The standard InChI is InChI=1S/C19H4Cl10N2/c20-10-8(11(21)15(25)18(28)14(10)24)5-3-6(7(1-2-30)31-4-5)9-12(22)16(26)19(29)17(27)13(9)23/h3-4H,1H2. The Hall–Kier alpha value is -0.0200. The molecule has 0 radical (unpaired) electrons. The number of hydrogen-bond donors (Lipinski definition) is 0. The Morgan fingerprint density at radius 1 is 0.613 bits per heavy atom. The molecule has 160 valence electrons. The van der Waals surface area contributed by atoms with Crippen molar-refractivity contribution >= 4 is 116 Å². The fourth-order valence-corrected chi connectivity index (χ4v) is 5.46. The molecular formula is C19H4Cl10N2. The molecule has 0 aliphatic rings. The summed E-state index contributed by atoms with van der Waals surface area (Å²) < 4.78 is 0. The molecule has 0 saturated heterocycles. The van der Waals surface area contributed by atoms with Crippen LogP contribution < -0.4 is 0 Å². The van der Waals surface area contributed by atoms with Gasteiger partial charge in [-0.25, -0.2) is 0 Å². The van der Waals surface area contributed by atoms with Gasteiger partial charge >= 0.3 is 0 Å². The van der Waals surface area contributed by atoms with E-state index in [2.05, 4.69) is 4.98 Å². The van der Waals surface area contributed by atoms with Crippen molar-refractivity contribution in [3.05, 3.63) is 68.2 Å². The second-order valence-electron chi connectivity index (χ2n) is 5.94. The molecule has 2 nitrogen and oxygen atoms in total. The second-order valence-corrected chi connectivity index (χ2v) is 9.72. The lowest BCUT2D eigenvalue weighted by Crippen LogP contribution is -1.98. The predicted molar refractivity (Wildman–Crippen MR) is 135 cm³/mol. The molecule has 3 rings (SSSR count). The molecule has 1 aromatic heterocycles. The van der Waals surface area contributed by atoms with Gasteiger partial charge in [-0.2, -0.15) is 5.26 Å². The van der Waals surface area contributed by atoms with Crippen molar-refractivity contribution in [2.45, 2.75) is 6.42 Å². The Kier molecular flexibility index (Phi) is 8.32. The monoisotopic (exact) mass is 610 g/mol. The number of benzene rings is 2. The van der Waals surface area contributed by atoms with E-state index in [1.165, 1.54) is 6.20 Å². The molecule has 0 fully saturated rings. The maximum atomic E-state index is 9.24. The molecule has 0 aliphatic heterocycles. The summed E-state index contributed by atoms with van der Waals surface area (Å²) in [7, 11) is 0. The Morgan fingerprint density at radius 3 is 1.42 bits per heavy atom. The highest BCUT2D eigenvalue weighted by molar-refractivity contribution is 6.57. The van der Waals surface area contributed by atoms with E-state index in [0.29, 0.717) is 16.8 Å². The SMILES string of the molecule is N#CCc1ncc(-c2c(Cl)c(Cl)c(Cl)c(Cl)c2Cl)cc1-c1c(Cl)c(Cl)c(Cl)c(Cl)c1Cl. The average molecular weight is 615 g/mol. The number of halogens is 10. The number of nitrogens with zero attached hydrogens (tertiary/aromatic N) is 2. The highest BCUT2D eigenvalue weighted by Crippen LogP contribution is 2.51. The number of aromatic nitrogens is 1. The van der Waals surface area contributed by atoms with E-state index in [1.807, 2.05) is 6.07 Å². The fourth-order valence-electron chi connectivity index (χ4n) is 2.76. The van der Waals surface area contributed by atoms with Crippen LogP contribution in [0.2, 0.25) is 50.2 Å². The van der Waals surface area contributed by atoms with E-state index < -0.39 is 0 Å². The Bertz CT molecular complexity index is 1220. The van der Waals surface area contributed by atoms with Gasteiger partial charge < -0.3 is 0 Å². The largest absolute Gasteiger partial charge is 0.259 e. The van der Waals surface area contributed by atoms with Gasteiger partial charge in [-0.05, 0) is 6.07 Å². The van der Waals surface area contributed by atoms with E-state index in [-0.39, 0.29) is 67.8 Å². The van der Waals surface area contributed by atoms with Crippen molar-refractivity contribution in [3.8, 4) is 28.3 Å². The molecule has 3 aromatic rings. The summed E-state index contributed by atoms with van der Waals surface area (Å²) in [5.41, 5.74) is 1.63.